The second-order valence-electron chi connectivity index (χ2n) is 4.46. The zero-order valence-corrected chi connectivity index (χ0v) is 10.8. The predicted molar refractivity (Wildman–Crippen MR) is 71.9 cm³/mol. The number of ether oxygens (including phenoxy) is 1. The summed E-state index contributed by atoms with van der Waals surface area (Å²) >= 11 is 0. The van der Waals surface area contributed by atoms with Crippen LogP contribution in [0.3, 0.4) is 0 Å². The van der Waals surface area contributed by atoms with E-state index in [0.29, 0.717) is 12.2 Å². The first-order valence-corrected chi connectivity index (χ1v) is 6.10. The van der Waals surface area contributed by atoms with E-state index in [-0.39, 0.29) is 12.4 Å². The van der Waals surface area contributed by atoms with Crippen molar-refractivity contribution in [2.75, 3.05) is 6.61 Å². The number of carbonyl (C=O) groups is 1. The molecule has 0 saturated carbocycles. The van der Waals surface area contributed by atoms with Crippen LogP contribution in [-0.2, 0) is 11.2 Å². The molecule has 2 rings (SSSR count). The molecular weight excluding hydrogens is 242 g/mol. The summed E-state index contributed by atoms with van der Waals surface area (Å²) in [4.78, 5) is 18.6. The highest BCUT2D eigenvalue weighted by Crippen LogP contribution is 2.11. The Morgan fingerprint density at radius 2 is 2.16 bits per heavy atom. The third-order valence-corrected chi connectivity index (χ3v) is 2.81. The van der Waals surface area contributed by atoms with Crippen LogP contribution in [0.5, 0.6) is 5.75 Å². The van der Waals surface area contributed by atoms with Crippen LogP contribution in [0.25, 0.3) is 0 Å². The Balaban J connectivity index is 1.82. The summed E-state index contributed by atoms with van der Waals surface area (Å²) in [6.45, 7) is 1.98. The molecule has 1 aromatic heterocycles. The number of aryl methyl sites for hydroxylation is 1. The molecule has 0 saturated heterocycles. The van der Waals surface area contributed by atoms with Gasteiger partial charge in [-0.05, 0) is 19.1 Å². The molecule has 100 valence electrons. The van der Waals surface area contributed by atoms with Crippen molar-refractivity contribution in [1.29, 1.82) is 0 Å². The number of rotatable bonds is 6. The minimum atomic E-state index is -0.578. The van der Waals surface area contributed by atoms with E-state index in [1.54, 1.807) is 12.5 Å². The average molecular weight is 259 g/mol. The molecule has 2 aromatic rings. The molecule has 3 N–H and O–H groups in total. The van der Waals surface area contributed by atoms with Crippen LogP contribution < -0.4 is 10.5 Å². The van der Waals surface area contributed by atoms with Gasteiger partial charge in [0.2, 0.25) is 0 Å². The van der Waals surface area contributed by atoms with Crippen LogP contribution in [0.4, 0.5) is 0 Å². The number of aromatic amines is 1. The Kier molecular flexibility index (Phi) is 4.30. The third-order valence-electron chi connectivity index (χ3n) is 2.81. The molecule has 0 unspecified atom stereocenters. The second kappa shape index (κ2) is 6.15. The average Bonchev–Trinajstić information content (AvgIpc) is 2.90. The molecule has 19 heavy (non-hydrogen) atoms. The first-order chi connectivity index (χ1) is 9.15. The highest BCUT2D eigenvalue weighted by atomic mass is 16.5. The number of carbonyl (C=O) groups excluding carboxylic acids is 1. The number of Topliss-reactive ketones (excluding diaryl/α,β-unsaturated/α-hetero) is 1. The molecule has 0 aliphatic heterocycles. The summed E-state index contributed by atoms with van der Waals surface area (Å²) in [5.74, 6) is 0.544. The van der Waals surface area contributed by atoms with E-state index in [2.05, 4.69) is 9.97 Å². The molecule has 1 heterocycles. The maximum atomic E-state index is 11.8. The molecular formula is C14H17N3O2. The summed E-state index contributed by atoms with van der Waals surface area (Å²) < 4.78 is 5.41. The lowest BCUT2D eigenvalue weighted by molar-refractivity contribution is -0.122. The second-order valence-corrected chi connectivity index (χ2v) is 4.46. The fourth-order valence-corrected chi connectivity index (χ4v) is 1.64. The number of nitrogens with two attached hydrogens (primary N) is 1. The number of hydrogen-bond acceptors (Lipinski definition) is 4. The van der Waals surface area contributed by atoms with Crippen molar-refractivity contribution in [2.45, 2.75) is 19.4 Å². The molecule has 0 radical (unpaired) electrons. The first-order valence-electron chi connectivity index (χ1n) is 6.10. The topological polar surface area (TPSA) is 81.0 Å². The Bertz CT molecular complexity index is 520. The number of aromatic nitrogens is 2. The fraction of sp³-hybridized carbons (Fsp3) is 0.286. The molecule has 0 bridgehead atoms. The molecule has 1 atom stereocenters. The van der Waals surface area contributed by atoms with Crippen molar-refractivity contribution in [2.24, 2.45) is 5.73 Å². The Labute approximate surface area is 111 Å². The number of ketones is 1. The van der Waals surface area contributed by atoms with Crippen LogP contribution in [0.2, 0.25) is 0 Å². The minimum Gasteiger partial charge on any atom is -0.486 e. The first kappa shape index (κ1) is 13.3. The van der Waals surface area contributed by atoms with Gasteiger partial charge in [-0.3, -0.25) is 4.79 Å². The van der Waals surface area contributed by atoms with Gasteiger partial charge >= 0.3 is 0 Å². The lowest BCUT2D eigenvalue weighted by atomic mass is 10.1. The molecule has 0 fully saturated rings. The molecule has 0 amide bonds. The summed E-state index contributed by atoms with van der Waals surface area (Å²) in [6.07, 6.45) is 3.67. The van der Waals surface area contributed by atoms with Crippen molar-refractivity contribution in [3.05, 3.63) is 48.0 Å². The quantitative estimate of drug-likeness (QED) is 0.817. The van der Waals surface area contributed by atoms with E-state index in [0.717, 1.165) is 11.3 Å². The van der Waals surface area contributed by atoms with Crippen molar-refractivity contribution < 1.29 is 9.53 Å². The van der Waals surface area contributed by atoms with Crippen molar-refractivity contribution in [3.63, 3.8) is 0 Å². The standard InChI is InChI=1S/C14H17N3O2/c1-10-2-4-12(5-3-10)19-8-14(18)13(15)6-11-7-16-9-17-11/h2-5,7,9,13H,6,8,15H2,1H3,(H,16,17)/t13-/m0/s1. The monoisotopic (exact) mass is 259 g/mol. The number of nitrogens with one attached hydrogen (secondary N) is 1. The summed E-state index contributed by atoms with van der Waals surface area (Å²) in [5, 5.41) is 0. The van der Waals surface area contributed by atoms with Crippen LogP contribution in [0.1, 0.15) is 11.3 Å². The van der Waals surface area contributed by atoms with Crippen molar-refractivity contribution in [1.82, 2.24) is 9.97 Å². The van der Waals surface area contributed by atoms with Gasteiger partial charge in [-0.15, -0.1) is 0 Å². The van der Waals surface area contributed by atoms with E-state index in [4.69, 9.17) is 10.5 Å². The summed E-state index contributed by atoms with van der Waals surface area (Å²) in [6, 6.07) is 6.96. The van der Waals surface area contributed by atoms with Crippen molar-refractivity contribution in [3.8, 4) is 5.75 Å². The van der Waals surface area contributed by atoms with Gasteiger partial charge in [-0.25, -0.2) is 4.98 Å². The number of imidazole rings is 1. The lowest BCUT2D eigenvalue weighted by Gasteiger charge is -2.10. The maximum Gasteiger partial charge on any atom is 0.187 e. The number of benzene rings is 1. The van der Waals surface area contributed by atoms with Gasteiger partial charge in [0, 0.05) is 18.3 Å². The summed E-state index contributed by atoms with van der Waals surface area (Å²) in [5.41, 5.74) is 7.81. The lowest BCUT2D eigenvalue weighted by Crippen LogP contribution is -2.36. The maximum absolute atomic E-state index is 11.8. The van der Waals surface area contributed by atoms with Crippen molar-refractivity contribution >= 4 is 5.78 Å². The largest absolute Gasteiger partial charge is 0.486 e. The van der Waals surface area contributed by atoms with Gasteiger partial charge in [-0.1, -0.05) is 17.7 Å². The SMILES string of the molecule is Cc1ccc(OCC(=O)[C@@H](N)Cc2cnc[nH]2)cc1. The smallest absolute Gasteiger partial charge is 0.187 e. The van der Waals surface area contributed by atoms with E-state index in [1.165, 1.54) is 0 Å². The van der Waals surface area contributed by atoms with Crippen LogP contribution in [0, 0.1) is 6.92 Å². The molecule has 0 aliphatic rings. The zero-order chi connectivity index (χ0) is 13.7. The van der Waals surface area contributed by atoms with Gasteiger partial charge in [0.05, 0.1) is 12.4 Å². The van der Waals surface area contributed by atoms with E-state index in [9.17, 15) is 4.79 Å². The van der Waals surface area contributed by atoms with Gasteiger partial charge < -0.3 is 15.5 Å². The van der Waals surface area contributed by atoms with Gasteiger partial charge in [0.1, 0.15) is 12.4 Å². The normalized spacial score (nSPS) is 12.1. The van der Waals surface area contributed by atoms with Gasteiger partial charge in [0.15, 0.2) is 5.78 Å². The molecule has 5 heteroatoms. The minimum absolute atomic E-state index is 0.0155. The third kappa shape index (κ3) is 3.93. The zero-order valence-electron chi connectivity index (χ0n) is 10.8. The van der Waals surface area contributed by atoms with E-state index in [1.807, 2.05) is 31.2 Å². The molecule has 0 spiro atoms. The van der Waals surface area contributed by atoms with Crippen LogP contribution in [-0.4, -0.2) is 28.4 Å². The van der Waals surface area contributed by atoms with Gasteiger partial charge in [0.25, 0.3) is 0 Å². The highest BCUT2D eigenvalue weighted by molar-refractivity contribution is 5.85. The van der Waals surface area contributed by atoms with Crippen LogP contribution in [0.15, 0.2) is 36.8 Å². The number of hydrogen-bond donors (Lipinski definition) is 2. The molecule has 5 nitrogen and oxygen atoms in total. The Morgan fingerprint density at radius 1 is 1.42 bits per heavy atom. The Hall–Kier alpha value is -2.14. The fourth-order valence-electron chi connectivity index (χ4n) is 1.64. The van der Waals surface area contributed by atoms with Crippen LogP contribution >= 0.6 is 0 Å². The van der Waals surface area contributed by atoms with E-state index < -0.39 is 6.04 Å². The highest BCUT2D eigenvalue weighted by Gasteiger charge is 2.15. The molecule has 0 aliphatic carbocycles. The molecule has 1 aromatic carbocycles. The summed E-state index contributed by atoms with van der Waals surface area (Å²) in [7, 11) is 0. The van der Waals surface area contributed by atoms with E-state index >= 15 is 0 Å². The number of nitrogens with zero attached hydrogens (tertiary/aromatic N) is 1. The predicted octanol–water partition coefficient (Wildman–Crippen LogP) is 1.24. The Morgan fingerprint density at radius 3 is 2.79 bits per heavy atom. The number of H-pyrrole nitrogens is 1. The van der Waals surface area contributed by atoms with Gasteiger partial charge in [-0.2, -0.15) is 0 Å².